The summed E-state index contributed by atoms with van der Waals surface area (Å²) in [5.41, 5.74) is 5.13. The fourth-order valence-electron chi connectivity index (χ4n) is 0.0722. The predicted octanol–water partition coefficient (Wildman–Crippen LogP) is -0.0870. The summed E-state index contributed by atoms with van der Waals surface area (Å²) in [5.74, 6) is 0. The zero-order valence-corrected chi connectivity index (χ0v) is 5.25. The van der Waals surface area contributed by atoms with Crippen molar-refractivity contribution < 1.29 is 22.0 Å². The molecule has 0 rings (SSSR count). The third-order valence-electron chi connectivity index (χ3n) is 0.512. The van der Waals surface area contributed by atoms with Crippen LogP contribution in [-0.2, 0) is 22.0 Å². The molecule has 0 aromatic carbocycles. The van der Waals surface area contributed by atoms with E-state index in [9.17, 15) is 3.32 Å². The maximum absolute atomic E-state index is 9.82. The molecule has 3 heteroatoms. The minimum atomic E-state index is -1.12. The van der Waals surface area contributed by atoms with Crippen LogP contribution < -0.4 is 5.73 Å². The third kappa shape index (κ3) is 2.57. The molecule has 0 fully saturated rings. The van der Waals surface area contributed by atoms with Crippen molar-refractivity contribution in [3.63, 3.8) is 0 Å². The molecule has 0 atom stereocenters. The molecule has 0 bridgehead atoms. The average Bonchev–Trinajstić information content (AvgIpc) is 1.65. The quantitative estimate of drug-likeness (QED) is 0.492. The van der Waals surface area contributed by atoms with Crippen molar-refractivity contribution in [2.75, 3.05) is 0 Å². The van der Waals surface area contributed by atoms with Crippen LogP contribution in [0.3, 0.4) is 0 Å². The van der Waals surface area contributed by atoms with Gasteiger partial charge in [-0.15, -0.1) is 0 Å². The number of rotatable bonds is 1. The number of hydrogen-bond acceptors (Lipinski definition) is 2. The van der Waals surface area contributed by atoms with Crippen molar-refractivity contribution >= 4 is 3.94 Å². The summed E-state index contributed by atoms with van der Waals surface area (Å²) in [6.07, 6.45) is 0.767. The number of nitrogens with two attached hydrogens (primary N) is 1. The van der Waals surface area contributed by atoms with E-state index in [-0.39, 0.29) is 0 Å². The summed E-state index contributed by atoms with van der Waals surface area (Å²) >= 11 is -1.12. The predicted molar refractivity (Wildman–Crippen MR) is 20.2 cm³/mol. The van der Waals surface area contributed by atoms with Crippen molar-refractivity contribution in [3.8, 4) is 0 Å². The van der Waals surface area contributed by atoms with Gasteiger partial charge in [0, 0.05) is 0 Å². The van der Waals surface area contributed by atoms with Crippen LogP contribution in [0.15, 0.2) is 0 Å². The molecule has 0 heterocycles. The van der Waals surface area contributed by atoms with Gasteiger partial charge in [-0.3, -0.25) is 0 Å². The Kier molecular flexibility index (Phi) is 3.73. The van der Waals surface area contributed by atoms with Crippen molar-refractivity contribution in [1.29, 1.82) is 0 Å². The van der Waals surface area contributed by atoms with Gasteiger partial charge < -0.3 is 0 Å². The zero-order chi connectivity index (χ0) is 4.99. The van der Waals surface area contributed by atoms with Gasteiger partial charge in [0.15, 0.2) is 0 Å². The monoisotopic (exact) mass is 121 g/mol. The Morgan fingerprint density at radius 3 is 2.50 bits per heavy atom. The van der Waals surface area contributed by atoms with Gasteiger partial charge in [0.05, 0.1) is 0 Å². The van der Waals surface area contributed by atoms with Crippen molar-refractivity contribution in [2.45, 2.75) is 13.3 Å². The second-order valence-corrected chi connectivity index (χ2v) is 2.30. The molecule has 0 saturated carbocycles. The molecule has 0 spiro atoms. The second-order valence-electron chi connectivity index (χ2n) is 0.981. The molecule has 0 aromatic rings. The van der Waals surface area contributed by atoms with Crippen LogP contribution in [0.2, 0.25) is 0 Å². The van der Waals surface area contributed by atoms with E-state index in [0.717, 1.165) is 6.42 Å². The minimum absolute atomic E-state index is 0.662. The molecule has 0 aromatic heterocycles. The first-order valence-electron chi connectivity index (χ1n) is 1.80. The van der Waals surface area contributed by atoms with Crippen LogP contribution in [0.5, 0.6) is 0 Å². The molecule has 2 nitrogen and oxygen atoms in total. The zero-order valence-electron chi connectivity index (χ0n) is 3.69. The summed E-state index contributed by atoms with van der Waals surface area (Å²) in [7, 11) is 0. The van der Waals surface area contributed by atoms with E-state index in [1.807, 2.05) is 6.92 Å². The first kappa shape index (κ1) is 6.34. The first-order valence-corrected chi connectivity index (χ1v) is 3.22. The molecular weight excluding hydrogens is 114 g/mol. The second kappa shape index (κ2) is 3.53. The van der Waals surface area contributed by atoms with Crippen LogP contribution in [-0.4, -0.2) is 3.94 Å². The Balaban J connectivity index is 3.52. The fourth-order valence-corrected chi connectivity index (χ4v) is 0.298. The van der Waals surface area contributed by atoms with Crippen LogP contribution in [0.25, 0.3) is 0 Å². The van der Waals surface area contributed by atoms with Gasteiger partial charge in [-0.1, -0.05) is 0 Å². The molecule has 6 heavy (non-hydrogen) atoms. The van der Waals surface area contributed by atoms with Crippen LogP contribution in [0, 0.1) is 0 Å². The normalized spacial score (nSPS) is 7.00. The molecule has 0 aliphatic carbocycles. The maximum atomic E-state index is 9.82. The van der Waals surface area contributed by atoms with Crippen LogP contribution in [0.4, 0.5) is 0 Å². The summed E-state index contributed by atoms with van der Waals surface area (Å²) in [6.45, 7) is 1.90. The van der Waals surface area contributed by atoms with Gasteiger partial charge >= 0.3 is 45.0 Å². The van der Waals surface area contributed by atoms with Crippen LogP contribution in [0.1, 0.15) is 13.3 Å². The standard InChI is InChI=1S/C3H7N.O.Ti/c1-2-3-4;;/h2,4H2,1H3;;. The van der Waals surface area contributed by atoms with E-state index in [4.69, 9.17) is 5.73 Å². The Morgan fingerprint density at radius 2 is 2.50 bits per heavy atom. The topological polar surface area (TPSA) is 43.1 Å². The van der Waals surface area contributed by atoms with E-state index >= 15 is 0 Å². The summed E-state index contributed by atoms with van der Waals surface area (Å²) in [5, 5.41) is 0. The Hall–Kier alpha value is 0.344. The van der Waals surface area contributed by atoms with Crippen molar-refractivity contribution in [1.82, 2.24) is 0 Å². The molecule has 0 aliphatic rings. The third-order valence-corrected chi connectivity index (χ3v) is 1.47. The average molecular weight is 121 g/mol. The van der Waals surface area contributed by atoms with Gasteiger partial charge in [0.2, 0.25) is 0 Å². The van der Waals surface area contributed by atoms with E-state index in [2.05, 4.69) is 0 Å². The van der Waals surface area contributed by atoms with Crippen molar-refractivity contribution in [3.05, 3.63) is 0 Å². The first-order chi connectivity index (χ1) is 2.81. The molecule has 0 radical (unpaired) electrons. The summed E-state index contributed by atoms with van der Waals surface area (Å²) < 4.78 is 10.5. The summed E-state index contributed by atoms with van der Waals surface area (Å²) in [6, 6.07) is 0. The summed E-state index contributed by atoms with van der Waals surface area (Å²) in [4.78, 5) is 0. The number of hydrogen-bond donors (Lipinski definition) is 1. The van der Waals surface area contributed by atoms with Gasteiger partial charge in [0.25, 0.3) is 0 Å². The van der Waals surface area contributed by atoms with E-state index in [1.54, 1.807) is 0 Å². The molecular formula is C3H7NOTi. The molecule has 0 amide bonds. The van der Waals surface area contributed by atoms with Gasteiger partial charge in [-0.05, 0) is 0 Å². The van der Waals surface area contributed by atoms with E-state index in [0.29, 0.717) is 3.94 Å². The molecule has 0 saturated heterocycles. The molecule has 0 unspecified atom stereocenters. The molecule has 0 aliphatic heterocycles. The Bertz CT molecular complexity index is 84.8. The molecule has 34 valence electrons. The Morgan fingerprint density at radius 1 is 2.00 bits per heavy atom. The van der Waals surface area contributed by atoms with Crippen molar-refractivity contribution in [2.24, 2.45) is 5.73 Å². The SMILES string of the molecule is CC[C](N)=[Ti]=[O]. The van der Waals surface area contributed by atoms with E-state index in [1.165, 1.54) is 0 Å². The van der Waals surface area contributed by atoms with Gasteiger partial charge in [-0.25, -0.2) is 0 Å². The van der Waals surface area contributed by atoms with E-state index < -0.39 is 18.7 Å². The fraction of sp³-hybridized carbons (Fsp3) is 0.667. The van der Waals surface area contributed by atoms with Gasteiger partial charge in [-0.2, -0.15) is 0 Å². The Labute approximate surface area is 45.5 Å². The van der Waals surface area contributed by atoms with Crippen LogP contribution >= 0.6 is 0 Å². The molecule has 2 N–H and O–H groups in total. The van der Waals surface area contributed by atoms with Gasteiger partial charge in [0.1, 0.15) is 0 Å².